The quantitative estimate of drug-likeness (QED) is 0.215. The van der Waals surface area contributed by atoms with Gasteiger partial charge in [-0.2, -0.15) is 0 Å². The number of nitrogens with zero attached hydrogens (tertiary/aromatic N) is 2. The summed E-state index contributed by atoms with van der Waals surface area (Å²) in [6.07, 6.45) is 4.19. The minimum atomic E-state index is -1.47. The third kappa shape index (κ3) is 11.5. The first-order chi connectivity index (χ1) is 25.0. The fraction of sp³-hybridized carbons (Fsp3) is 0.649. The monoisotopic (exact) mass is 725 g/mol. The maximum atomic E-state index is 14.0. The fourth-order valence-electron chi connectivity index (χ4n) is 6.95. The van der Waals surface area contributed by atoms with E-state index in [1.54, 1.807) is 11.8 Å². The van der Waals surface area contributed by atoms with Gasteiger partial charge >= 0.3 is 0 Å². The molecular weight excluding hydrogens is 670 g/mol. The summed E-state index contributed by atoms with van der Waals surface area (Å²) in [5, 5.41) is 24.3. The molecule has 0 aliphatic carbocycles. The molecule has 286 valence electrons. The maximum absolute atomic E-state index is 14.0. The third-order valence-electron chi connectivity index (χ3n) is 9.99. The number of likely N-dealkylation sites (tertiary alicyclic amines) is 1. The summed E-state index contributed by atoms with van der Waals surface area (Å²) in [6.45, 7) is 4.43. The van der Waals surface area contributed by atoms with Gasteiger partial charge in [0, 0.05) is 45.4 Å². The van der Waals surface area contributed by atoms with Gasteiger partial charge in [-0.25, -0.2) is 0 Å². The average Bonchev–Trinajstić information content (AvgIpc) is 3.53. The van der Waals surface area contributed by atoms with Gasteiger partial charge in [-0.15, -0.1) is 0 Å². The average molecular weight is 726 g/mol. The Balaban J connectivity index is 1.54. The predicted octanol–water partition coefficient (Wildman–Crippen LogP) is 0.0429. The summed E-state index contributed by atoms with van der Waals surface area (Å²) >= 11 is 0. The van der Waals surface area contributed by atoms with Crippen molar-refractivity contribution < 1.29 is 38.7 Å². The zero-order chi connectivity index (χ0) is 37.6. The van der Waals surface area contributed by atoms with Crippen LogP contribution in [0.1, 0.15) is 90.0 Å². The Bertz CT molecular complexity index is 1420. The van der Waals surface area contributed by atoms with Crippen LogP contribution in [-0.4, -0.2) is 119 Å². The van der Waals surface area contributed by atoms with E-state index in [-0.39, 0.29) is 50.6 Å². The number of fused-ring (bicyclic) bond motifs is 1. The van der Waals surface area contributed by atoms with Crippen molar-refractivity contribution in [2.45, 2.75) is 127 Å². The van der Waals surface area contributed by atoms with E-state index >= 15 is 0 Å². The highest BCUT2D eigenvalue weighted by atomic mass is 16.3. The van der Waals surface area contributed by atoms with Crippen LogP contribution in [0, 0.1) is 0 Å². The molecule has 0 saturated carbocycles. The van der Waals surface area contributed by atoms with Crippen molar-refractivity contribution in [2.24, 2.45) is 0 Å². The number of hydrogen-bond acceptors (Lipinski definition) is 8. The molecule has 4 rings (SSSR count). The van der Waals surface area contributed by atoms with Crippen LogP contribution in [0.3, 0.4) is 0 Å². The molecule has 15 heteroatoms. The van der Waals surface area contributed by atoms with E-state index in [2.05, 4.69) is 26.6 Å². The molecule has 7 amide bonds. The number of rotatable bonds is 8. The van der Waals surface area contributed by atoms with Crippen LogP contribution in [0.15, 0.2) is 30.3 Å². The number of nitrogens with one attached hydrogen (secondary N) is 5. The van der Waals surface area contributed by atoms with E-state index in [9.17, 15) is 38.7 Å². The Hall–Kier alpha value is -4.53. The number of benzene rings is 1. The van der Waals surface area contributed by atoms with E-state index in [0.29, 0.717) is 45.2 Å². The minimum Gasteiger partial charge on any atom is -0.391 e. The molecule has 0 spiro atoms. The molecule has 6 atom stereocenters. The van der Waals surface area contributed by atoms with E-state index in [1.165, 1.54) is 11.8 Å². The van der Waals surface area contributed by atoms with Gasteiger partial charge in [0.2, 0.25) is 41.4 Å². The Morgan fingerprint density at radius 1 is 0.846 bits per heavy atom. The molecule has 3 saturated heterocycles. The van der Waals surface area contributed by atoms with E-state index in [1.807, 2.05) is 30.3 Å². The van der Waals surface area contributed by atoms with Gasteiger partial charge < -0.3 is 41.5 Å². The highest BCUT2D eigenvalue weighted by molar-refractivity contribution is 5.97. The number of carbonyl (C=O) groups is 7. The fourth-order valence-corrected chi connectivity index (χ4v) is 6.95. The van der Waals surface area contributed by atoms with Gasteiger partial charge in [-0.1, -0.05) is 43.7 Å². The van der Waals surface area contributed by atoms with Crippen LogP contribution < -0.4 is 26.6 Å². The molecule has 3 fully saturated rings. The first-order valence-electron chi connectivity index (χ1n) is 18.8. The lowest BCUT2D eigenvalue weighted by Gasteiger charge is -2.30. The van der Waals surface area contributed by atoms with Gasteiger partial charge in [0.15, 0.2) is 0 Å². The molecule has 1 aromatic carbocycles. The summed E-state index contributed by atoms with van der Waals surface area (Å²) in [6, 6.07) is 3.66. The topological polar surface area (TPSA) is 206 Å². The SMILES string of the molecule is CC[C@@H]1NC(=O)[C@@H](NC(=O)CCN2CCCCCC2=O)CCCCNC(=O)[C@@H]2CCCN2C(=O)[C@@H](Cc2ccccc2)NC(=O)[C@H]([C@@H](C)O)NC1=O. The molecule has 0 aromatic heterocycles. The molecule has 3 heterocycles. The third-order valence-corrected chi connectivity index (χ3v) is 9.99. The lowest BCUT2D eigenvalue weighted by Crippen LogP contribution is -2.61. The van der Waals surface area contributed by atoms with Crippen molar-refractivity contribution in [2.75, 3.05) is 26.2 Å². The van der Waals surface area contributed by atoms with E-state index in [0.717, 1.165) is 24.8 Å². The van der Waals surface area contributed by atoms with Gasteiger partial charge in [-0.3, -0.25) is 33.6 Å². The van der Waals surface area contributed by atoms with Gasteiger partial charge in [0.05, 0.1) is 6.10 Å². The largest absolute Gasteiger partial charge is 0.391 e. The number of aliphatic hydroxyl groups is 1. The highest BCUT2D eigenvalue weighted by Crippen LogP contribution is 2.20. The Morgan fingerprint density at radius 2 is 1.60 bits per heavy atom. The minimum absolute atomic E-state index is 0.00907. The van der Waals surface area contributed by atoms with Gasteiger partial charge in [0.25, 0.3) is 0 Å². The van der Waals surface area contributed by atoms with Crippen molar-refractivity contribution in [1.82, 2.24) is 36.4 Å². The van der Waals surface area contributed by atoms with Crippen LogP contribution in [0.5, 0.6) is 0 Å². The molecule has 52 heavy (non-hydrogen) atoms. The lowest BCUT2D eigenvalue weighted by atomic mass is 10.0. The number of aliphatic hydroxyl groups excluding tert-OH is 1. The van der Waals surface area contributed by atoms with Crippen molar-refractivity contribution in [1.29, 1.82) is 0 Å². The second kappa shape index (κ2) is 19.9. The van der Waals surface area contributed by atoms with Gasteiger partial charge in [-0.05, 0) is 63.9 Å². The van der Waals surface area contributed by atoms with Crippen LogP contribution in [0.4, 0.5) is 0 Å². The molecule has 1 aromatic rings. The zero-order valence-electron chi connectivity index (χ0n) is 30.4. The van der Waals surface area contributed by atoms with E-state index in [4.69, 9.17) is 0 Å². The molecular formula is C37H55N7O8. The van der Waals surface area contributed by atoms with Crippen molar-refractivity contribution >= 4 is 41.4 Å². The Morgan fingerprint density at radius 3 is 2.33 bits per heavy atom. The zero-order valence-corrected chi connectivity index (χ0v) is 30.4. The Labute approximate surface area is 305 Å². The molecule has 3 aliphatic heterocycles. The van der Waals surface area contributed by atoms with E-state index < -0.39 is 65.8 Å². The molecule has 15 nitrogen and oxygen atoms in total. The van der Waals surface area contributed by atoms with Crippen LogP contribution in [0.2, 0.25) is 0 Å². The molecule has 0 bridgehead atoms. The normalized spacial score (nSPS) is 26.7. The maximum Gasteiger partial charge on any atom is 0.246 e. The summed E-state index contributed by atoms with van der Waals surface area (Å²) in [4.78, 5) is 96.8. The summed E-state index contributed by atoms with van der Waals surface area (Å²) in [5.41, 5.74) is 0.767. The standard InChI is InChI=1S/C37H55N7O8/c1-3-26-33(48)42-32(24(2)45)36(51)41-28(23-25-13-6-4-7-14-25)37(52)44-21-12-16-29(44)35(50)38-19-10-9-15-27(34(49)40-26)39-30(46)18-22-43-20-11-5-8-17-31(43)47/h4,6-7,13-14,24,26-29,32,45H,3,5,8-12,15-23H2,1-2H3,(H,38,50)(H,39,46)(H,40,49)(H,41,51)(H,42,48)/t24-,26+,27+,28-,29+,32+/m1/s1. The number of amides is 7. The number of carbonyl (C=O) groups excluding carboxylic acids is 7. The van der Waals surface area contributed by atoms with Crippen LogP contribution >= 0.6 is 0 Å². The first kappa shape index (κ1) is 40.2. The smallest absolute Gasteiger partial charge is 0.246 e. The second-order valence-corrected chi connectivity index (χ2v) is 14.0. The summed E-state index contributed by atoms with van der Waals surface area (Å²) < 4.78 is 0. The van der Waals surface area contributed by atoms with Crippen LogP contribution in [0.25, 0.3) is 0 Å². The van der Waals surface area contributed by atoms with Crippen molar-refractivity contribution in [3.8, 4) is 0 Å². The second-order valence-electron chi connectivity index (χ2n) is 14.0. The van der Waals surface area contributed by atoms with Crippen molar-refractivity contribution in [3.63, 3.8) is 0 Å². The molecule has 3 aliphatic rings. The van der Waals surface area contributed by atoms with Crippen LogP contribution in [-0.2, 0) is 40.0 Å². The summed E-state index contributed by atoms with van der Waals surface area (Å²) in [5.74, 6) is -3.29. The Kier molecular flexibility index (Phi) is 15.4. The first-order valence-corrected chi connectivity index (χ1v) is 18.8. The lowest BCUT2D eigenvalue weighted by molar-refractivity contribution is -0.142. The van der Waals surface area contributed by atoms with Gasteiger partial charge in [0.1, 0.15) is 30.2 Å². The highest BCUT2D eigenvalue weighted by Gasteiger charge is 2.39. The number of hydrogen-bond donors (Lipinski definition) is 6. The molecule has 6 N–H and O–H groups in total. The van der Waals surface area contributed by atoms with Crippen molar-refractivity contribution in [3.05, 3.63) is 35.9 Å². The predicted molar refractivity (Wildman–Crippen MR) is 191 cm³/mol. The molecule has 0 unspecified atom stereocenters. The summed E-state index contributed by atoms with van der Waals surface area (Å²) in [7, 11) is 0. The molecule has 0 radical (unpaired) electrons.